The van der Waals surface area contributed by atoms with Crippen LogP contribution in [0.25, 0.3) is 0 Å². The lowest BCUT2D eigenvalue weighted by Crippen LogP contribution is -2.54. The van der Waals surface area contributed by atoms with Crippen molar-refractivity contribution in [1.82, 2.24) is 24.9 Å². The summed E-state index contributed by atoms with van der Waals surface area (Å²) in [5, 5.41) is 10.4. The predicted octanol–water partition coefficient (Wildman–Crippen LogP) is 0.260. The highest BCUT2D eigenvalue weighted by Crippen LogP contribution is 2.20. The van der Waals surface area contributed by atoms with Crippen molar-refractivity contribution in [2.75, 3.05) is 38.0 Å². The first-order chi connectivity index (χ1) is 12.3. The molecule has 1 atom stereocenters. The third-order valence-corrected chi connectivity index (χ3v) is 5.40. The van der Waals surface area contributed by atoms with E-state index in [4.69, 9.17) is 0 Å². The van der Waals surface area contributed by atoms with Crippen LogP contribution in [-0.4, -0.2) is 76.2 Å². The number of nitrogens with zero attached hydrogens (tertiary/aromatic N) is 4. The maximum atomic E-state index is 12.6. The van der Waals surface area contributed by atoms with E-state index in [0.29, 0.717) is 12.6 Å². The molecule has 3 rings (SSSR count). The second-order valence-electron chi connectivity index (χ2n) is 7.49. The smallest absolute Gasteiger partial charge is 0.241 e. The zero-order valence-corrected chi connectivity index (χ0v) is 16.2. The average molecular weight is 362 g/mol. The molecule has 0 unspecified atom stereocenters. The minimum atomic E-state index is -0.212. The fraction of sp³-hybridized carbons (Fsp3) is 0.722. The molecule has 1 aromatic heterocycles. The Morgan fingerprint density at radius 3 is 2.38 bits per heavy atom. The molecule has 26 heavy (non-hydrogen) atoms. The van der Waals surface area contributed by atoms with E-state index in [0.717, 1.165) is 56.1 Å². The maximum Gasteiger partial charge on any atom is 0.241 e. The fourth-order valence-electron chi connectivity index (χ4n) is 3.36. The highest BCUT2D eigenvalue weighted by Gasteiger charge is 2.28. The molecule has 2 heterocycles. The van der Waals surface area contributed by atoms with E-state index in [-0.39, 0.29) is 17.9 Å². The van der Waals surface area contributed by atoms with Crippen LogP contribution in [0.2, 0.25) is 0 Å². The lowest BCUT2D eigenvalue weighted by atomic mass is 10.2. The van der Waals surface area contributed by atoms with Crippen LogP contribution in [0.1, 0.15) is 31.2 Å². The van der Waals surface area contributed by atoms with Crippen molar-refractivity contribution < 1.29 is 9.59 Å². The van der Waals surface area contributed by atoms with Gasteiger partial charge in [-0.05, 0) is 33.6 Å². The molecule has 1 saturated heterocycles. The summed E-state index contributed by atoms with van der Waals surface area (Å²) in [5.74, 6) is 0.110. The van der Waals surface area contributed by atoms with Gasteiger partial charge in [-0.3, -0.25) is 24.1 Å². The first-order valence-electron chi connectivity index (χ1n) is 9.42. The van der Waals surface area contributed by atoms with Gasteiger partial charge in [-0.1, -0.05) is 0 Å². The van der Waals surface area contributed by atoms with Gasteiger partial charge in [-0.15, -0.1) is 0 Å². The molecule has 0 spiro atoms. The van der Waals surface area contributed by atoms with Gasteiger partial charge in [0.1, 0.15) is 0 Å². The van der Waals surface area contributed by atoms with Crippen molar-refractivity contribution in [3.63, 3.8) is 0 Å². The summed E-state index contributed by atoms with van der Waals surface area (Å²) in [6.07, 6.45) is 2.23. The van der Waals surface area contributed by atoms with Crippen molar-refractivity contribution in [3.05, 3.63) is 11.4 Å². The summed E-state index contributed by atoms with van der Waals surface area (Å²) in [4.78, 5) is 28.9. The Balaban J connectivity index is 1.47. The van der Waals surface area contributed by atoms with Crippen LogP contribution in [0, 0.1) is 13.8 Å². The Hall–Kier alpha value is -1.93. The summed E-state index contributed by atoms with van der Waals surface area (Å²) in [7, 11) is 1.88. The number of hydrogen-bond donors (Lipinski definition) is 2. The van der Waals surface area contributed by atoms with Crippen LogP contribution < -0.4 is 10.6 Å². The standard InChI is InChI=1S/C18H30N6O2/c1-12-17(13(2)22(4)21-12)20-18(26)14(3)24-9-7-23(8-10-24)11-16(25)19-15-5-6-15/h14-15H,5-11H2,1-4H3,(H,19,25)(H,20,26)/t14-/m1/s1. The fourth-order valence-corrected chi connectivity index (χ4v) is 3.36. The quantitative estimate of drug-likeness (QED) is 0.759. The van der Waals surface area contributed by atoms with Gasteiger partial charge in [0.2, 0.25) is 11.8 Å². The number of carbonyl (C=O) groups excluding carboxylic acids is 2. The third kappa shape index (κ3) is 4.42. The Morgan fingerprint density at radius 2 is 1.85 bits per heavy atom. The number of piperazine rings is 1. The number of amides is 2. The monoisotopic (exact) mass is 362 g/mol. The molecule has 144 valence electrons. The molecule has 8 nitrogen and oxygen atoms in total. The van der Waals surface area contributed by atoms with E-state index >= 15 is 0 Å². The molecule has 1 aliphatic heterocycles. The zero-order chi connectivity index (χ0) is 18.8. The van der Waals surface area contributed by atoms with Crippen molar-refractivity contribution in [1.29, 1.82) is 0 Å². The highest BCUT2D eigenvalue weighted by atomic mass is 16.2. The number of nitrogens with one attached hydrogen (secondary N) is 2. The Kier molecular flexibility index (Phi) is 5.62. The zero-order valence-electron chi connectivity index (χ0n) is 16.2. The van der Waals surface area contributed by atoms with Gasteiger partial charge < -0.3 is 10.6 Å². The minimum absolute atomic E-state index is 0.0101. The van der Waals surface area contributed by atoms with Crippen LogP contribution in [-0.2, 0) is 16.6 Å². The Bertz CT molecular complexity index is 673. The second kappa shape index (κ2) is 7.75. The van der Waals surface area contributed by atoms with E-state index < -0.39 is 0 Å². The molecule has 1 aliphatic carbocycles. The van der Waals surface area contributed by atoms with Crippen molar-refractivity contribution in [2.45, 2.75) is 45.7 Å². The summed E-state index contributed by atoms with van der Waals surface area (Å²) in [6.45, 7) is 9.43. The highest BCUT2D eigenvalue weighted by molar-refractivity contribution is 5.95. The number of aromatic nitrogens is 2. The molecule has 0 radical (unpaired) electrons. The molecule has 2 fully saturated rings. The lowest BCUT2D eigenvalue weighted by Gasteiger charge is -2.37. The van der Waals surface area contributed by atoms with E-state index in [1.165, 1.54) is 0 Å². The number of hydrogen-bond acceptors (Lipinski definition) is 5. The first-order valence-corrected chi connectivity index (χ1v) is 9.42. The topological polar surface area (TPSA) is 82.5 Å². The van der Waals surface area contributed by atoms with Gasteiger partial charge >= 0.3 is 0 Å². The Morgan fingerprint density at radius 1 is 1.19 bits per heavy atom. The SMILES string of the molecule is Cc1nn(C)c(C)c1NC(=O)[C@@H](C)N1CCN(CC(=O)NC2CC2)CC1. The number of aryl methyl sites for hydroxylation is 2. The molecule has 8 heteroatoms. The normalized spacial score (nSPS) is 20.0. The van der Waals surface area contributed by atoms with E-state index in [9.17, 15) is 9.59 Å². The number of carbonyl (C=O) groups is 2. The number of rotatable bonds is 6. The molecule has 0 bridgehead atoms. The van der Waals surface area contributed by atoms with Crippen LogP contribution in [0.15, 0.2) is 0 Å². The van der Waals surface area contributed by atoms with Gasteiger partial charge in [0.05, 0.1) is 29.7 Å². The minimum Gasteiger partial charge on any atom is -0.352 e. The lowest BCUT2D eigenvalue weighted by molar-refractivity contribution is -0.124. The van der Waals surface area contributed by atoms with Gasteiger partial charge in [0.25, 0.3) is 0 Å². The van der Waals surface area contributed by atoms with Crippen LogP contribution in [0.5, 0.6) is 0 Å². The molecule has 0 aromatic carbocycles. The largest absolute Gasteiger partial charge is 0.352 e. The predicted molar refractivity (Wildman–Crippen MR) is 100.0 cm³/mol. The van der Waals surface area contributed by atoms with Crippen LogP contribution >= 0.6 is 0 Å². The van der Waals surface area contributed by atoms with E-state index in [1.54, 1.807) is 4.68 Å². The first kappa shape index (κ1) is 18.8. The summed E-state index contributed by atoms with van der Waals surface area (Å²) in [5.41, 5.74) is 2.59. The van der Waals surface area contributed by atoms with E-state index in [1.807, 2.05) is 27.8 Å². The molecule has 2 aliphatic rings. The van der Waals surface area contributed by atoms with Crippen LogP contribution in [0.4, 0.5) is 5.69 Å². The summed E-state index contributed by atoms with van der Waals surface area (Å²) < 4.78 is 1.78. The summed E-state index contributed by atoms with van der Waals surface area (Å²) in [6, 6.07) is 0.198. The molecular formula is C18H30N6O2. The van der Waals surface area contributed by atoms with Crippen molar-refractivity contribution in [3.8, 4) is 0 Å². The molecule has 2 N–H and O–H groups in total. The van der Waals surface area contributed by atoms with Gasteiger partial charge in [0.15, 0.2) is 0 Å². The van der Waals surface area contributed by atoms with Crippen molar-refractivity contribution in [2.24, 2.45) is 7.05 Å². The second-order valence-corrected chi connectivity index (χ2v) is 7.49. The third-order valence-electron chi connectivity index (χ3n) is 5.40. The van der Waals surface area contributed by atoms with Gasteiger partial charge in [0, 0.05) is 39.3 Å². The molecule has 1 aromatic rings. The van der Waals surface area contributed by atoms with Crippen molar-refractivity contribution >= 4 is 17.5 Å². The average Bonchev–Trinajstić information content (AvgIpc) is 3.38. The van der Waals surface area contributed by atoms with Gasteiger partial charge in [-0.25, -0.2) is 0 Å². The number of anilines is 1. The maximum absolute atomic E-state index is 12.6. The van der Waals surface area contributed by atoms with Gasteiger partial charge in [-0.2, -0.15) is 5.10 Å². The summed E-state index contributed by atoms with van der Waals surface area (Å²) >= 11 is 0. The molecule has 1 saturated carbocycles. The van der Waals surface area contributed by atoms with Crippen LogP contribution in [0.3, 0.4) is 0 Å². The Labute approximate surface area is 154 Å². The molecular weight excluding hydrogens is 332 g/mol. The van der Waals surface area contributed by atoms with E-state index in [2.05, 4.69) is 25.5 Å². The molecule has 2 amide bonds.